The van der Waals surface area contributed by atoms with E-state index in [2.05, 4.69) is 24.2 Å². The van der Waals surface area contributed by atoms with E-state index < -0.39 is 0 Å². The van der Waals surface area contributed by atoms with Gasteiger partial charge in [-0.05, 0) is 38.9 Å². The number of likely N-dealkylation sites (N-methyl/N-ethyl adjacent to an activating group) is 1. The molecule has 0 saturated carbocycles. The van der Waals surface area contributed by atoms with E-state index in [1.807, 2.05) is 12.1 Å². The summed E-state index contributed by atoms with van der Waals surface area (Å²) < 4.78 is 10.8. The van der Waals surface area contributed by atoms with Crippen LogP contribution in [0.4, 0.5) is 0 Å². The van der Waals surface area contributed by atoms with Crippen molar-refractivity contribution in [2.75, 3.05) is 33.4 Å². The lowest BCUT2D eigenvalue weighted by Gasteiger charge is -2.31. The summed E-state index contributed by atoms with van der Waals surface area (Å²) in [6.45, 7) is 6.00. The first kappa shape index (κ1) is 13.6. The van der Waals surface area contributed by atoms with Gasteiger partial charge in [0.05, 0.1) is 12.3 Å². The molecule has 1 atom stereocenters. The molecule has 1 aliphatic heterocycles. The van der Waals surface area contributed by atoms with Crippen molar-refractivity contribution in [2.45, 2.75) is 31.8 Å². The van der Waals surface area contributed by atoms with E-state index in [9.17, 15) is 0 Å². The molecule has 4 nitrogen and oxygen atoms in total. The molecule has 1 N–H and O–H groups in total. The van der Waals surface area contributed by atoms with Crippen molar-refractivity contribution in [3.8, 4) is 0 Å². The van der Waals surface area contributed by atoms with Crippen LogP contribution in [0.5, 0.6) is 0 Å². The van der Waals surface area contributed by atoms with Crippen LogP contribution in [0.1, 0.15) is 31.6 Å². The first-order chi connectivity index (χ1) is 8.77. The van der Waals surface area contributed by atoms with E-state index in [1.54, 1.807) is 6.26 Å². The van der Waals surface area contributed by atoms with Crippen LogP contribution in [-0.4, -0.2) is 44.3 Å². The standard InChI is InChI=1S/C14H24N2O2/c1-12(14-4-3-9-18-14)15-7-8-16(2)13-5-10-17-11-6-13/h3-4,9,12-13,15H,5-8,10-11H2,1-2H3. The number of ether oxygens (including phenoxy) is 1. The van der Waals surface area contributed by atoms with Gasteiger partial charge in [-0.25, -0.2) is 0 Å². The van der Waals surface area contributed by atoms with Gasteiger partial charge in [0.15, 0.2) is 0 Å². The number of hydrogen-bond donors (Lipinski definition) is 1. The number of nitrogens with one attached hydrogen (secondary N) is 1. The van der Waals surface area contributed by atoms with Crippen molar-refractivity contribution < 1.29 is 9.15 Å². The molecule has 0 aromatic carbocycles. The highest BCUT2D eigenvalue weighted by molar-refractivity contribution is 5.02. The summed E-state index contributed by atoms with van der Waals surface area (Å²) in [5, 5.41) is 3.49. The fourth-order valence-corrected chi connectivity index (χ4v) is 2.40. The molecule has 1 fully saturated rings. The molecule has 4 heteroatoms. The molecule has 0 bridgehead atoms. The average molecular weight is 252 g/mol. The van der Waals surface area contributed by atoms with Crippen LogP contribution in [0.15, 0.2) is 22.8 Å². The van der Waals surface area contributed by atoms with Gasteiger partial charge >= 0.3 is 0 Å². The molecular formula is C14H24N2O2. The van der Waals surface area contributed by atoms with Crippen molar-refractivity contribution in [1.82, 2.24) is 10.2 Å². The average Bonchev–Trinajstić information content (AvgIpc) is 2.93. The molecule has 2 heterocycles. The summed E-state index contributed by atoms with van der Waals surface area (Å²) in [5.74, 6) is 1.00. The van der Waals surface area contributed by atoms with E-state index >= 15 is 0 Å². The van der Waals surface area contributed by atoms with Crippen LogP contribution in [0.25, 0.3) is 0 Å². The molecule has 18 heavy (non-hydrogen) atoms. The lowest BCUT2D eigenvalue weighted by Crippen LogP contribution is -2.40. The zero-order valence-electron chi connectivity index (χ0n) is 11.4. The smallest absolute Gasteiger partial charge is 0.120 e. The summed E-state index contributed by atoms with van der Waals surface area (Å²) in [4.78, 5) is 2.43. The Balaban J connectivity index is 1.65. The highest BCUT2D eigenvalue weighted by atomic mass is 16.5. The van der Waals surface area contributed by atoms with Gasteiger partial charge in [0.2, 0.25) is 0 Å². The zero-order valence-corrected chi connectivity index (χ0v) is 11.4. The third kappa shape index (κ3) is 3.83. The molecule has 102 valence electrons. The molecule has 1 aliphatic rings. The summed E-state index contributed by atoms with van der Waals surface area (Å²) in [5.41, 5.74) is 0. The summed E-state index contributed by atoms with van der Waals surface area (Å²) >= 11 is 0. The molecule has 0 amide bonds. The minimum atomic E-state index is 0.281. The van der Waals surface area contributed by atoms with Crippen LogP contribution in [0.3, 0.4) is 0 Å². The maximum atomic E-state index is 5.39. The summed E-state index contributed by atoms with van der Waals surface area (Å²) in [6.07, 6.45) is 4.04. The van der Waals surface area contributed by atoms with Crippen molar-refractivity contribution >= 4 is 0 Å². The molecular weight excluding hydrogens is 228 g/mol. The second-order valence-corrected chi connectivity index (χ2v) is 5.02. The van der Waals surface area contributed by atoms with Crippen LogP contribution >= 0.6 is 0 Å². The maximum Gasteiger partial charge on any atom is 0.120 e. The van der Waals surface area contributed by atoms with Crippen molar-refractivity contribution in [3.63, 3.8) is 0 Å². The Morgan fingerprint density at radius 2 is 2.22 bits per heavy atom. The Kier molecular flexibility index (Phi) is 5.23. The van der Waals surface area contributed by atoms with Crippen molar-refractivity contribution in [1.29, 1.82) is 0 Å². The first-order valence-corrected chi connectivity index (χ1v) is 6.82. The predicted molar refractivity (Wildman–Crippen MR) is 71.6 cm³/mol. The number of furan rings is 1. The normalized spacial score (nSPS) is 19.3. The monoisotopic (exact) mass is 252 g/mol. The second kappa shape index (κ2) is 6.92. The Labute approximate surface area is 109 Å². The van der Waals surface area contributed by atoms with E-state index in [-0.39, 0.29) is 6.04 Å². The minimum Gasteiger partial charge on any atom is -0.468 e. The Bertz CT molecular complexity index is 321. The predicted octanol–water partition coefficient (Wildman–Crippen LogP) is 2.04. The Morgan fingerprint density at radius 3 is 2.89 bits per heavy atom. The fraction of sp³-hybridized carbons (Fsp3) is 0.714. The molecule has 2 rings (SSSR count). The third-order valence-electron chi connectivity index (χ3n) is 3.70. The van der Waals surface area contributed by atoms with E-state index in [4.69, 9.17) is 9.15 Å². The van der Waals surface area contributed by atoms with E-state index in [1.165, 1.54) is 0 Å². The Morgan fingerprint density at radius 1 is 1.44 bits per heavy atom. The zero-order chi connectivity index (χ0) is 12.8. The minimum absolute atomic E-state index is 0.281. The quantitative estimate of drug-likeness (QED) is 0.841. The first-order valence-electron chi connectivity index (χ1n) is 6.82. The van der Waals surface area contributed by atoms with Gasteiger partial charge in [-0.3, -0.25) is 0 Å². The van der Waals surface area contributed by atoms with Gasteiger partial charge in [-0.2, -0.15) is 0 Å². The molecule has 1 aromatic heterocycles. The van der Waals surface area contributed by atoms with Crippen LogP contribution in [0, 0.1) is 0 Å². The molecule has 0 radical (unpaired) electrons. The van der Waals surface area contributed by atoms with Crippen molar-refractivity contribution in [3.05, 3.63) is 24.2 Å². The van der Waals surface area contributed by atoms with Gasteiger partial charge in [-0.1, -0.05) is 0 Å². The van der Waals surface area contributed by atoms with E-state index in [0.717, 1.165) is 44.9 Å². The molecule has 0 spiro atoms. The van der Waals surface area contributed by atoms with Gasteiger partial charge in [0.25, 0.3) is 0 Å². The highest BCUT2D eigenvalue weighted by Gasteiger charge is 2.18. The van der Waals surface area contributed by atoms with Gasteiger partial charge in [-0.15, -0.1) is 0 Å². The van der Waals surface area contributed by atoms with Crippen LogP contribution in [-0.2, 0) is 4.74 Å². The number of rotatable bonds is 6. The molecule has 0 aliphatic carbocycles. The van der Waals surface area contributed by atoms with Gasteiger partial charge in [0.1, 0.15) is 5.76 Å². The van der Waals surface area contributed by atoms with Crippen molar-refractivity contribution in [2.24, 2.45) is 0 Å². The molecule has 1 saturated heterocycles. The second-order valence-electron chi connectivity index (χ2n) is 5.02. The number of hydrogen-bond acceptors (Lipinski definition) is 4. The van der Waals surface area contributed by atoms with Crippen LogP contribution in [0.2, 0.25) is 0 Å². The summed E-state index contributed by atoms with van der Waals surface area (Å²) in [7, 11) is 2.20. The molecule has 1 unspecified atom stereocenters. The van der Waals surface area contributed by atoms with Gasteiger partial charge < -0.3 is 19.4 Å². The number of nitrogens with zero attached hydrogens (tertiary/aromatic N) is 1. The van der Waals surface area contributed by atoms with E-state index in [0.29, 0.717) is 6.04 Å². The fourth-order valence-electron chi connectivity index (χ4n) is 2.40. The lowest BCUT2D eigenvalue weighted by molar-refractivity contribution is 0.0432. The maximum absolute atomic E-state index is 5.39. The largest absolute Gasteiger partial charge is 0.468 e. The molecule has 1 aromatic rings. The topological polar surface area (TPSA) is 37.6 Å². The third-order valence-corrected chi connectivity index (χ3v) is 3.70. The van der Waals surface area contributed by atoms with Crippen LogP contribution < -0.4 is 5.32 Å². The summed E-state index contributed by atoms with van der Waals surface area (Å²) in [6, 6.07) is 4.91. The lowest BCUT2D eigenvalue weighted by atomic mass is 10.1. The highest BCUT2D eigenvalue weighted by Crippen LogP contribution is 2.13. The Hall–Kier alpha value is -0.840. The van der Waals surface area contributed by atoms with Gasteiger partial charge in [0, 0.05) is 32.3 Å². The SMILES string of the molecule is CC(NCCN(C)C1CCOCC1)c1ccco1.